The van der Waals surface area contributed by atoms with Crippen LogP contribution in [0.25, 0.3) is 21.7 Å². The number of hydrogen-bond donors (Lipinski definition) is 2. The zero-order valence-corrected chi connectivity index (χ0v) is 11.6. The Morgan fingerprint density at radius 3 is 2.26 bits per heavy atom. The molecule has 0 atom stereocenters. The molecule has 0 aliphatic heterocycles. The first-order valence-corrected chi connectivity index (χ1v) is 7.04. The number of phenols is 1. The summed E-state index contributed by atoms with van der Waals surface area (Å²) in [7, 11) is 0. The van der Waals surface area contributed by atoms with Crippen molar-refractivity contribution in [1.82, 2.24) is 4.98 Å². The van der Waals surface area contributed by atoms with Crippen molar-refractivity contribution in [3.8, 4) is 27.4 Å². The van der Waals surface area contributed by atoms with Crippen LogP contribution in [-0.2, 0) is 0 Å². The van der Waals surface area contributed by atoms with E-state index in [2.05, 4.69) is 17.1 Å². The lowest BCUT2D eigenvalue weighted by molar-refractivity contribution is 0.475. The van der Waals surface area contributed by atoms with Crippen molar-refractivity contribution in [3.63, 3.8) is 0 Å². The quantitative estimate of drug-likeness (QED) is 0.661. The van der Waals surface area contributed by atoms with E-state index in [1.54, 1.807) is 23.5 Å². The van der Waals surface area contributed by atoms with Crippen molar-refractivity contribution in [1.29, 1.82) is 0 Å². The minimum absolute atomic E-state index is 0.268. The molecule has 19 heavy (non-hydrogen) atoms. The van der Waals surface area contributed by atoms with Gasteiger partial charge in [0.1, 0.15) is 5.75 Å². The van der Waals surface area contributed by atoms with Gasteiger partial charge in [0.15, 0.2) is 3.95 Å². The van der Waals surface area contributed by atoms with Crippen molar-refractivity contribution in [2.75, 3.05) is 0 Å². The molecule has 3 aromatic rings. The van der Waals surface area contributed by atoms with Crippen LogP contribution in [0, 0.1) is 3.95 Å². The van der Waals surface area contributed by atoms with E-state index in [1.807, 2.05) is 30.3 Å². The minimum atomic E-state index is 0.268. The highest BCUT2D eigenvalue weighted by Crippen LogP contribution is 2.35. The first kappa shape index (κ1) is 12.1. The Balaban J connectivity index is 2.17. The third-order valence-electron chi connectivity index (χ3n) is 2.84. The molecule has 2 nitrogen and oxygen atoms in total. The maximum absolute atomic E-state index is 9.37. The maximum Gasteiger partial charge on any atom is 0.159 e. The number of aromatic nitrogens is 1. The van der Waals surface area contributed by atoms with E-state index in [0.29, 0.717) is 0 Å². The molecule has 1 heterocycles. The van der Waals surface area contributed by atoms with Gasteiger partial charge >= 0.3 is 0 Å². The van der Waals surface area contributed by atoms with Crippen molar-refractivity contribution in [2.24, 2.45) is 0 Å². The topological polar surface area (TPSA) is 36.0 Å². The summed E-state index contributed by atoms with van der Waals surface area (Å²) in [5.74, 6) is 0.268. The van der Waals surface area contributed by atoms with E-state index in [-0.39, 0.29) is 5.75 Å². The molecular formula is C15H11NOS2. The Bertz CT molecular complexity index is 742. The van der Waals surface area contributed by atoms with Crippen LogP contribution in [0.1, 0.15) is 0 Å². The molecular weight excluding hydrogens is 274 g/mol. The summed E-state index contributed by atoms with van der Waals surface area (Å²) in [6.45, 7) is 0. The molecule has 0 aliphatic rings. The number of aromatic amines is 1. The molecule has 2 aromatic carbocycles. The average molecular weight is 285 g/mol. The molecule has 0 spiro atoms. The molecule has 0 amide bonds. The fourth-order valence-electron chi connectivity index (χ4n) is 1.95. The summed E-state index contributed by atoms with van der Waals surface area (Å²) >= 11 is 6.81. The fourth-order valence-corrected chi connectivity index (χ4v) is 3.17. The Hall–Kier alpha value is -1.91. The first-order valence-electron chi connectivity index (χ1n) is 5.82. The predicted molar refractivity (Wildman–Crippen MR) is 82.0 cm³/mol. The van der Waals surface area contributed by atoms with E-state index in [0.717, 1.165) is 25.7 Å². The summed E-state index contributed by atoms with van der Waals surface area (Å²) in [6, 6.07) is 17.3. The molecule has 4 heteroatoms. The van der Waals surface area contributed by atoms with E-state index < -0.39 is 0 Å². The van der Waals surface area contributed by atoms with Crippen LogP contribution >= 0.6 is 23.6 Å². The van der Waals surface area contributed by atoms with Crippen molar-refractivity contribution in [3.05, 3.63) is 58.6 Å². The van der Waals surface area contributed by atoms with Gasteiger partial charge in [0.2, 0.25) is 0 Å². The standard InChI is InChI=1S/C15H11NOS2/c17-12-8-6-11(7-9-12)14-13(16-15(18)19-14)10-4-2-1-3-5-10/h1-9,17H,(H,16,18). The third kappa shape index (κ3) is 2.45. The van der Waals surface area contributed by atoms with Crippen molar-refractivity contribution in [2.45, 2.75) is 0 Å². The van der Waals surface area contributed by atoms with E-state index in [9.17, 15) is 5.11 Å². The summed E-state index contributed by atoms with van der Waals surface area (Å²) in [5.41, 5.74) is 3.19. The monoisotopic (exact) mass is 285 g/mol. The van der Waals surface area contributed by atoms with Gasteiger partial charge in [-0.1, -0.05) is 30.3 Å². The Morgan fingerprint density at radius 2 is 1.58 bits per heavy atom. The number of H-pyrrole nitrogens is 1. The van der Waals surface area contributed by atoms with E-state index in [1.165, 1.54) is 0 Å². The van der Waals surface area contributed by atoms with Gasteiger partial charge in [0.05, 0.1) is 10.6 Å². The zero-order chi connectivity index (χ0) is 13.2. The van der Waals surface area contributed by atoms with Crippen molar-refractivity contribution >= 4 is 23.6 Å². The predicted octanol–water partition coefficient (Wildman–Crippen LogP) is 4.85. The second kappa shape index (κ2) is 4.99. The van der Waals surface area contributed by atoms with E-state index >= 15 is 0 Å². The van der Waals surface area contributed by atoms with E-state index in [4.69, 9.17) is 12.2 Å². The molecule has 0 aliphatic carbocycles. The normalized spacial score (nSPS) is 10.5. The molecule has 0 bridgehead atoms. The molecule has 2 N–H and O–H groups in total. The zero-order valence-electron chi connectivity index (χ0n) is 9.96. The summed E-state index contributed by atoms with van der Waals surface area (Å²) in [4.78, 5) is 4.34. The fraction of sp³-hybridized carbons (Fsp3) is 0. The largest absolute Gasteiger partial charge is 0.508 e. The van der Waals surface area contributed by atoms with Gasteiger partial charge in [0.25, 0.3) is 0 Å². The Kier molecular flexibility index (Phi) is 3.19. The highest BCUT2D eigenvalue weighted by Gasteiger charge is 2.10. The molecule has 94 valence electrons. The average Bonchev–Trinajstić information content (AvgIpc) is 2.83. The van der Waals surface area contributed by atoms with Crippen LogP contribution in [0.5, 0.6) is 5.75 Å². The second-order valence-electron chi connectivity index (χ2n) is 4.13. The van der Waals surface area contributed by atoms with Gasteiger partial charge in [-0.2, -0.15) is 0 Å². The highest BCUT2D eigenvalue weighted by molar-refractivity contribution is 7.73. The molecule has 0 saturated heterocycles. The number of thiazole rings is 1. The van der Waals surface area contributed by atoms with Gasteiger partial charge < -0.3 is 10.1 Å². The van der Waals surface area contributed by atoms with Crippen LogP contribution in [-0.4, -0.2) is 10.1 Å². The van der Waals surface area contributed by atoms with Crippen LogP contribution in [0.2, 0.25) is 0 Å². The minimum Gasteiger partial charge on any atom is -0.508 e. The lowest BCUT2D eigenvalue weighted by Crippen LogP contribution is -1.81. The summed E-state index contributed by atoms with van der Waals surface area (Å²) in [5, 5.41) is 9.37. The number of benzene rings is 2. The Labute approximate surface area is 120 Å². The van der Waals surface area contributed by atoms with Gasteiger partial charge in [-0.25, -0.2) is 0 Å². The van der Waals surface area contributed by atoms with Gasteiger partial charge in [-0.15, -0.1) is 11.3 Å². The lowest BCUT2D eigenvalue weighted by Gasteiger charge is -2.03. The number of hydrogen-bond acceptors (Lipinski definition) is 3. The van der Waals surface area contributed by atoms with Crippen molar-refractivity contribution < 1.29 is 5.11 Å². The maximum atomic E-state index is 9.37. The number of nitrogens with one attached hydrogen (secondary N) is 1. The molecule has 3 rings (SSSR count). The number of phenolic OH excluding ortho intramolecular Hbond substituents is 1. The highest BCUT2D eigenvalue weighted by atomic mass is 32.1. The van der Waals surface area contributed by atoms with Gasteiger partial charge in [-0.3, -0.25) is 0 Å². The molecule has 0 unspecified atom stereocenters. The van der Waals surface area contributed by atoms with Crippen LogP contribution in [0.3, 0.4) is 0 Å². The molecule has 0 radical (unpaired) electrons. The Morgan fingerprint density at radius 1 is 0.895 bits per heavy atom. The molecule has 0 saturated carbocycles. The van der Waals surface area contributed by atoms with Crippen LogP contribution in [0.15, 0.2) is 54.6 Å². The van der Waals surface area contributed by atoms with Gasteiger partial charge in [-0.05, 0) is 47.6 Å². The summed E-state index contributed by atoms with van der Waals surface area (Å²) in [6.07, 6.45) is 0. The number of aromatic hydroxyl groups is 1. The summed E-state index contributed by atoms with van der Waals surface area (Å²) < 4.78 is 0.752. The van der Waals surface area contributed by atoms with Crippen LogP contribution in [0.4, 0.5) is 0 Å². The first-order chi connectivity index (χ1) is 9.24. The second-order valence-corrected chi connectivity index (χ2v) is 5.82. The number of rotatable bonds is 2. The third-order valence-corrected chi connectivity index (χ3v) is 4.12. The SMILES string of the molecule is Oc1ccc(-c2sc(=S)[nH]c2-c2ccccc2)cc1. The molecule has 1 aromatic heterocycles. The lowest BCUT2D eigenvalue weighted by atomic mass is 10.1. The molecule has 0 fully saturated rings. The van der Waals surface area contributed by atoms with Crippen LogP contribution < -0.4 is 0 Å². The smallest absolute Gasteiger partial charge is 0.159 e. The van der Waals surface area contributed by atoms with Gasteiger partial charge in [0, 0.05) is 0 Å².